The number of amides is 3. The summed E-state index contributed by atoms with van der Waals surface area (Å²) in [6.45, 7) is 11.9. The summed E-state index contributed by atoms with van der Waals surface area (Å²) in [5.41, 5.74) is 5.59. The first-order valence-corrected chi connectivity index (χ1v) is 18.7. The number of nitrogens with one attached hydrogen (secondary N) is 3. The largest absolute Gasteiger partial charge is 0.444 e. The van der Waals surface area contributed by atoms with Crippen LogP contribution >= 0.6 is 11.8 Å². The van der Waals surface area contributed by atoms with Crippen LogP contribution in [0.4, 0.5) is 9.59 Å². The highest BCUT2D eigenvalue weighted by Crippen LogP contribution is 2.66. The predicted molar refractivity (Wildman–Crippen MR) is 200 cm³/mol. The first-order chi connectivity index (χ1) is 24.2. The van der Waals surface area contributed by atoms with Gasteiger partial charge in [-0.3, -0.25) is 9.69 Å². The number of imidazole rings is 1. The Hall–Kier alpha value is -4.51. The predicted octanol–water partition coefficient (Wildman–Crippen LogP) is 8.37. The van der Waals surface area contributed by atoms with E-state index in [0.29, 0.717) is 12.1 Å². The van der Waals surface area contributed by atoms with Gasteiger partial charge in [0.05, 0.1) is 17.1 Å². The Labute approximate surface area is 303 Å². The molecule has 4 aromatic rings. The van der Waals surface area contributed by atoms with Crippen molar-refractivity contribution < 1.29 is 23.9 Å². The van der Waals surface area contributed by atoms with Crippen LogP contribution in [-0.2, 0) is 14.2 Å². The Morgan fingerprint density at radius 3 is 2.04 bits per heavy atom. The molecule has 3 fully saturated rings. The highest BCUT2D eigenvalue weighted by molar-refractivity contribution is 8.08. The van der Waals surface area contributed by atoms with Crippen molar-refractivity contribution in [3.8, 4) is 22.3 Å². The van der Waals surface area contributed by atoms with Crippen molar-refractivity contribution >= 4 is 40.9 Å². The summed E-state index contributed by atoms with van der Waals surface area (Å²) in [6.07, 6.45) is 3.69. The first-order valence-electron chi connectivity index (χ1n) is 17.9. The van der Waals surface area contributed by atoms with Gasteiger partial charge in [-0.15, -0.1) is 11.8 Å². The zero-order valence-corrected chi connectivity index (χ0v) is 31.0. The molecule has 4 atom stereocenters. The van der Waals surface area contributed by atoms with Crippen LogP contribution in [0.3, 0.4) is 0 Å². The number of carbonyl (C=O) groups excluding carboxylic acids is 3. The fraction of sp³-hybridized carbons (Fsp3) is 0.450. The monoisotopic (exact) mass is 709 g/mol. The molecule has 3 amide bonds. The van der Waals surface area contributed by atoms with E-state index in [1.807, 2.05) is 70.7 Å². The molecular formula is C40H47N5O5S. The average molecular weight is 710 g/mol. The molecule has 268 valence electrons. The van der Waals surface area contributed by atoms with Gasteiger partial charge in [-0.25, -0.2) is 14.6 Å². The van der Waals surface area contributed by atoms with Gasteiger partial charge in [-0.2, -0.15) is 0 Å². The number of ether oxygens (including phenoxy) is 2. The van der Waals surface area contributed by atoms with Gasteiger partial charge in [0.15, 0.2) is 0 Å². The Bertz CT molecular complexity index is 1940. The van der Waals surface area contributed by atoms with E-state index in [4.69, 9.17) is 14.5 Å². The summed E-state index contributed by atoms with van der Waals surface area (Å²) in [5.74, 6) is 0.766. The van der Waals surface area contributed by atoms with Gasteiger partial charge in [-0.05, 0) is 120 Å². The number of aromatic amines is 1. The zero-order chi connectivity index (χ0) is 36.1. The van der Waals surface area contributed by atoms with E-state index >= 15 is 0 Å². The number of fused-ring (bicyclic) bond motifs is 2. The number of hydrogen-bond acceptors (Lipinski definition) is 7. The molecule has 2 saturated heterocycles. The quantitative estimate of drug-likeness (QED) is 0.172. The third-order valence-electron chi connectivity index (χ3n) is 9.64. The van der Waals surface area contributed by atoms with E-state index in [1.54, 1.807) is 11.8 Å². The van der Waals surface area contributed by atoms with Gasteiger partial charge in [-0.1, -0.05) is 42.5 Å². The molecule has 2 aliphatic heterocycles. The molecular weight excluding hydrogens is 663 g/mol. The summed E-state index contributed by atoms with van der Waals surface area (Å²) >= 11 is 1.78. The number of piperidine rings is 1. The van der Waals surface area contributed by atoms with Crippen molar-refractivity contribution in [1.29, 1.82) is 0 Å². The van der Waals surface area contributed by atoms with E-state index < -0.39 is 17.3 Å². The van der Waals surface area contributed by atoms with Gasteiger partial charge < -0.3 is 25.1 Å². The van der Waals surface area contributed by atoms with E-state index in [-0.39, 0.29) is 34.2 Å². The van der Waals surface area contributed by atoms with Crippen LogP contribution in [0.15, 0.2) is 66.7 Å². The van der Waals surface area contributed by atoms with Crippen LogP contribution in [0.5, 0.6) is 0 Å². The lowest BCUT2D eigenvalue weighted by Gasteiger charge is -2.31. The molecule has 3 aliphatic rings. The Kier molecular flexibility index (Phi) is 9.06. The molecule has 3 N–H and O–H groups in total. The molecule has 0 bridgehead atoms. The number of thioether (sulfide) groups is 1. The third kappa shape index (κ3) is 7.59. The minimum Gasteiger partial charge on any atom is -0.444 e. The normalized spacial score (nSPS) is 23.0. The van der Waals surface area contributed by atoms with Crippen LogP contribution < -0.4 is 10.6 Å². The molecule has 11 heteroatoms. The molecule has 10 nitrogen and oxygen atoms in total. The Morgan fingerprint density at radius 1 is 0.804 bits per heavy atom. The number of aromatic nitrogens is 2. The summed E-state index contributed by atoms with van der Waals surface area (Å²) < 4.78 is 10.9. The van der Waals surface area contributed by atoms with Crippen molar-refractivity contribution in [2.75, 3.05) is 6.54 Å². The summed E-state index contributed by atoms with van der Waals surface area (Å²) in [6, 6.07) is 22.0. The second-order valence-electron chi connectivity index (χ2n) is 15.9. The van der Waals surface area contributed by atoms with E-state index in [0.717, 1.165) is 71.2 Å². The van der Waals surface area contributed by atoms with E-state index in [1.165, 1.54) is 0 Å². The Morgan fingerprint density at radius 2 is 1.39 bits per heavy atom. The summed E-state index contributed by atoms with van der Waals surface area (Å²) in [5, 5.41) is 6.07. The standard InChI is InChI=1S/C40H47N5O5S/c1-38(2,3)49-36(47)44-30-10-7-9-29(30)41-33(46)27-17-15-25(16-18-27)24-11-13-26(14-12-24)28-19-20-31-32(23-28)43-34(42-31)40-21-8-22-45(35(40)51-40)37(48)50-39(4,5)6/h11-20,23,29-30,35H,7-10,21-22H2,1-6H3,(H,41,46)(H,42,43)(H,44,47)/t29-,30-,35?,40+/m1/s1. The molecule has 3 heterocycles. The fourth-order valence-corrected chi connectivity index (χ4v) is 8.64. The van der Waals surface area contributed by atoms with Gasteiger partial charge in [0.25, 0.3) is 5.91 Å². The molecule has 1 unspecified atom stereocenters. The number of hydrogen-bond donors (Lipinski definition) is 3. The fourth-order valence-electron chi connectivity index (χ4n) is 7.17. The van der Waals surface area contributed by atoms with Gasteiger partial charge in [0.1, 0.15) is 27.1 Å². The van der Waals surface area contributed by atoms with Crippen molar-refractivity contribution in [2.45, 2.75) is 107 Å². The number of nitrogens with zero attached hydrogens (tertiary/aromatic N) is 2. The minimum absolute atomic E-state index is 0.0323. The number of benzene rings is 3. The number of alkyl carbamates (subject to hydrolysis) is 1. The van der Waals surface area contributed by atoms with Gasteiger partial charge >= 0.3 is 12.2 Å². The number of carbonyl (C=O) groups is 3. The van der Waals surface area contributed by atoms with Gasteiger partial charge in [0, 0.05) is 18.2 Å². The van der Waals surface area contributed by atoms with Crippen LogP contribution in [-0.4, -0.2) is 68.2 Å². The smallest absolute Gasteiger partial charge is 0.411 e. The first kappa shape index (κ1) is 34.9. The molecule has 0 radical (unpaired) electrons. The maximum absolute atomic E-state index is 13.1. The highest BCUT2D eigenvalue weighted by Gasteiger charge is 2.64. The van der Waals surface area contributed by atoms with Crippen molar-refractivity contribution in [3.05, 3.63) is 78.1 Å². The minimum atomic E-state index is -0.576. The molecule has 1 saturated carbocycles. The maximum Gasteiger partial charge on any atom is 0.411 e. The lowest BCUT2D eigenvalue weighted by Crippen LogP contribution is -2.49. The molecule has 0 spiro atoms. The van der Waals surface area contributed by atoms with Crippen LogP contribution in [0.1, 0.15) is 89.8 Å². The number of rotatable bonds is 6. The molecule has 7 rings (SSSR count). The molecule has 1 aromatic heterocycles. The van der Waals surface area contributed by atoms with Crippen LogP contribution in [0.2, 0.25) is 0 Å². The zero-order valence-electron chi connectivity index (χ0n) is 30.2. The van der Waals surface area contributed by atoms with E-state index in [2.05, 4.69) is 58.1 Å². The average Bonchev–Trinajstić information content (AvgIpc) is 3.44. The summed E-state index contributed by atoms with van der Waals surface area (Å²) in [7, 11) is 0. The highest BCUT2D eigenvalue weighted by atomic mass is 32.2. The number of likely N-dealkylation sites (tertiary alicyclic amines) is 1. The molecule has 51 heavy (non-hydrogen) atoms. The Balaban J connectivity index is 0.988. The van der Waals surface area contributed by atoms with Crippen LogP contribution in [0, 0.1) is 0 Å². The van der Waals surface area contributed by atoms with Crippen molar-refractivity contribution in [3.63, 3.8) is 0 Å². The molecule has 3 aromatic carbocycles. The number of H-pyrrole nitrogens is 1. The summed E-state index contributed by atoms with van der Waals surface area (Å²) in [4.78, 5) is 48.8. The van der Waals surface area contributed by atoms with Crippen LogP contribution in [0.25, 0.3) is 33.3 Å². The topological polar surface area (TPSA) is 126 Å². The van der Waals surface area contributed by atoms with E-state index in [9.17, 15) is 14.4 Å². The lowest BCUT2D eigenvalue weighted by atomic mass is 9.97. The lowest BCUT2D eigenvalue weighted by molar-refractivity contribution is 0.0188. The second-order valence-corrected chi connectivity index (χ2v) is 17.3. The third-order valence-corrected chi connectivity index (χ3v) is 11.3. The maximum atomic E-state index is 13.1. The van der Waals surface area contributed by atoms with Gasteiger partial charge in [0.2, 0.25) is 0 Å². The van der Waals surface area contributed by atoms with Crippen molar-refractivity contribution in [2.24, 2.45) is 0 Å². The molecule has 1 aliphatic carbocycles. The second kappa shape index (κ2) is 13.2. The SMILES string of the molecule is CC(C)(C)OC(=O)N[C@@H]1CCC[C@H]1NC(=O)c1ccc(-c2ccc(-c3ccc4nc([C@@]56CCCN(C(=O)OC(C)(C)C)C5S6)[nH]c4c3)cc2)cc1. The van der Waals surface area contributed by atoms with Crippen molar-refractivity contribution in [1.82, 2.24) is 25.5 Å².